The summed E-state index contributed by atoms with van der Waals surface area (Å²) in [6.45, 7) is 7.96. The Morgan fingerprint density at radius 3 is 2.40 bits per heavy atom. The molecule has 7 heteroatoms. The lowest BCUT2D eigenvalue weighted by atomic mass is 10.2. The van der Waals surface area contributed by atoms with Gasteiger partial charge in [0.25, 0.3) is 5.91 Å². The number of aliphatic hydroxyl groups is 1. The molecule has 2 rings (SSSR count). The number of ether oxygens (including phenoxy) is 1. The summed E-state index contributed by atoms with van der Waals surface area (Å²) in [6.07, 6.45) is -1.01. The van der Waals surface area contributed by atoms with E-state index in [1.165, 1.54) is 6.92 Å². The number of carbonyl (C=O) groups is 2. The number of aliphatic hydroxyl groups excluding tert-OH is 1. The van der Waals surface area contributed by atoms with Crippen molar-refractivity contribution in [1.29, 1.82) is 0 Å². The van der Waals surface area contributed by atoms with E-state index < -0.39 is 6.10 Å². The average Bonchev–Trinajstić information content (AvgIpc) is 2.59. The molecule has 2 N–H and O–H groups in total. The molecule has 1 fully saturated rings. The summed E-state index contributed by atoms with van der Waals surface area (Å²) in [6, 6.07) is 7.11. The van der Waals surface area contributed by atoms with E-state index in [2.05, 4.69) is 19.2 Å². The van der Waals surface area contributed by atoms with Crippen LogP contribution in [0.25, 0.3) is 0 Å². The van der Waals surface area contributed by atoms with Crippen molar-refractivity contribution in [2.75, 3.05) is 38.1 Å². The first kappa shape index (κ1) is 19.1. The number of nitrogens with one attached hydrogen (secondary N) is 1. The number of carbonyl (C=O) groups excluding carboxylic acids is 2. The Bertz CT molecular complexity index is 596. The quantitative estimate of drug-likeness (QED) is 0.849. The molecule has 1 heterocycles. The zero-order valence-corrected chi connectivity index (χ0v) is 15.1. The lowest BCUT2D eigenvalue weighted by Gasteiger charge is -2.35. The zero-order chi connectivity index (χ0) is 18.4. The smallest absolute Gasteiger partial charge is 0.321 e. The van der Waals surface area contributed by atoms with Crippen LogP contribution >= 0.6 is 0 Å². The summed E-state index contributed by atoms with van der Waals surface area (Å²) in [7, 11) is 0. The van der Waals surface area contributed by atoms with Crippen LogP contribution in [-0.2, 0) is 4.79 Å². The molecule has 1 saturated heterocycles. The highest BCUT2D eigenvalue weighted by molar-refractivity contribution is 5.89. The molecule has 138 valence electrons. The Morgan fingerprint density at radius 2 is 1.80 bits per heavy atom. The first-order valence-corrected chi connectivity index (χ1v) is 8.62. The lowest BCUT2D eigenvalue weighted by Crippen LogP contribution is -2.53. The van der Waals surface area contributed by atoms with Crippen LogP contribution in [0, 0.1) is 5.92 Å². The number of anilines is 1. The molecule has 0 spiro atoms. The third-order valence-corrected chi connectivity index (χ3v) is 3.90. The molecule has 0 saturated carbocycles. The number of rotatable bonds is 5. The number of nitrogens with zero attached hydrogens (tertiary/aromatic N) is 2. The van der Waals surface area contributed by atoms with Crippen molar-refractivity contribution >= 4 is 17.6 Å². The molecule has 7 nitrogen and oxygen atoms in total. The predicted molar refractivity (Wildman–Crippen MR) is 95.6 cm³/mol. The van der Waals surface area contributed by atoms with Gasteiger partial charge < -0.3 is 25.0 Å². The summed E-state index contributed by atoms with van der Waals surface area (Å²) in [5.41, 5.74) is 0.675. The average molecular weight is 349 g/mol. The number of hydrogen-bond donors (Lipinski definition) is 2. The molecular formula is C18H27N3O4. The number of amides is 3. The fourth-order valence-electron chi connectivity index (χ4n) is 2.52. The van der Waals surface area contributed by atoms with E-state index in [9.17, 15) is 14.7 Å². The summed E-state index contributed by atoms with van der Waals surface area (Å²) in [5, 5.41) is 12.2. The van der Waals surface area contributed by atoms with E-state index in [0.29, 0.717) is 44.4 Å². The molecule has 1 aromatic carbocycles. The maximum absolute atomic E-state index is 12.4. The second-order valence-electron chi connectivity index (χ2n) is 6.65. The van der Waals surface area contributed by atoms with Crippen LogP contribution in [0.2, 0.25) is 0 Å². The monoisotopic (exact) mass is 349 g/mol. The van der Waals surface area contributed by atoms with E-state index in [-0.39, 0.29) is 11.9 Å². The van der Waals surface area contributed by atoms with Crippen LogP contribution in [0.4, 0.5) is 10.5 Å². The third-order valence-electron chi connectivity index (χ3n) is 3.90. The van der Waals surface area contributed by atoms with E-state index in [4.69, 9.17) is 4.74 Å². The van der Waals surface area contributed by atoms with Gasteiger partial charge in [0.15, 0.2) is 0 Å². The zero-order valence-electron chi connectivity index (χ0n) is 15.1. The van der Waals surface area contributed by atoms with Crippen LogP contribution in [0.1, 0.15) is 20.8 Å². The van der Waals surface area contributed by atoms with Gasteiger partial charge in [-0.25, -0.2) is 4.79 Å². The first-order valence-electron chi connectivity index (χ1n) is 8.62. The van der Waals surface area contributed by atoms with E-state index >= 15 is 0 Å². The normalized spacial score (nSPS) is 15.9. The molecule has 1 unspecified atom stereocenters. The second-order valence-corrected chi connectivity index (χ2v) is 6.65. The fraction of sp³-hybridized carbons (Fsp3) is 0.556. The van der Waals surface area contributed by atoms with Gasteiger partial charge in [0.1, 0.15) is 11.9 Å². The minimum atomic E-state index is -1.01. The van der Waals surface area contributed by atoms with Gasteiger partial charge in [-0.3, -0.25) is 4.79 Å². The van der Waals surface area contributed by atoms with Crippen molar-refractivity contribution < 1.29 is 19.4 Å². The summed E-state index contributed by atoms with van der Waals surface area (Å²) < 4.78 is 5.67. The standard InChI is InChI=1S/C18H27N3O4/c1-13(2)12-25-16-6-4-5-15(11-16)19-18(24)21-9-7-20(8-10-21)17(23)14(3)22/h4-6,11,13-14,22H,7-10,12H2,1-3H3,(H,19,24). The molecule has 1 aromatic rings. The highest BCUT2D eigenvalue weighted by Crippen LogP contribution is 2.18. The Kier molecular flexibility index (Phi) is 6.64. The van der Waals surface area contributed by atoms with Crippen LogP contribution in [-0.4, -0.2) is 65.7 Å². The lowest BCUT2D eigenvalue weighted by molar-refractivity contribution is -0.140. The van der Waals surface area contributed by atoms with Gasteiger partial charge in [-0.05, 0) is 25.0 Å². The van der Waals surface area contributed by atoms with Gasteiger partial charge in [0.2, 0.25) is 0 Å². The summed E-state index contributed by atoms with van der Waals surface area (Å²) >= 11 is 0. The van der Waals surface area contributed by atoms with Crippen molar-refractivity contribution in [2.45, 2.75) is 26.9 Å². The number of urea groups is 1. The van der Waals surface area contributed by atoms with E-state index in [0.717, 1.165) is 5.75 Å². The molecule has 3 amide bonds. The van der Waals surface area contributed by atoms with Gasteiger partial charge in [0.05, 0.1) is 6.61 Å². The molecule has 25 heavy (non-hydrogen) atoms. The topological polar surface area (TPSA) is 82.1 Å². The molecule has 1 atom stereocenters. The largest absolute Gasteiger partial charge is 0.493 e. The predicted octanol–water partition coefficient (Wildman–Crippen LogP) is 1.78. The minimum absolute atomic E-state index is 0.204. The molecule has 0 radical (unpaired) electrons. The maximum atomic E-state index is 12.4. The van der Waals surface area contributed by atoms with Gasteiger partial charge >= 0.3 is 6.03 Å². The minimum Gasteiger partial charge on any atom is -0.493 e. The summed E-state index contributed by atoms with van der Waals surface area (Å²) in [4.78, 5) is 27.4. The highest BCUT2D eigenvalue weighted by Gasteiger charge is 2.26. The Labute approximate surface area is 148 Å². The number of benzene rings is 1. The number of hydrogen-bond acceptors (Lipinski definition) is 4. The maximum Gasteiger partial charge on any atom is 0.321 e. The molecule has 0 aliphatic carbocycles. The van der Waals surface area contributed by atoms with Crippen LogP contribution in [0.3, 0.4) is 0 Å². The van der Waals surface area contributed by atoms with Crippen molar-refractivity contribution in [3.05, 3.63) is 24.3 Å². The highest BCUT2D eigenvalue weighted by atomic mass is 16.5. The van der Waals surface area contributed by atoms with Crippen LogP contribution < -0.4 is 10.1 Å². The van der Waals surface area contributed by atoms with E-state index in [1.54, 1.807) is 15.9 Å². The van der Waals surface area contributed by atoms with Crippen molar-refractivity contribution in [3.8, 4) is 5.75 Å². The Balaban J connectivity index is 1.86. The van der Waals surface area contributed by atoms with Gasteiger partial charge in [-0.15, -0.1) is 0 Å². The third kappa shape index (κ3) is 5.63. The van der Waals surface area contributed by atoms with Crippen molar-refractivity contribution in [1.82, 2.24) is 9.80 Å². The molecular weight excluding hydrogens is 322 g/mol. The number of piperazine rings is 1. The van der Waals surface area contributed by atoms with E-state index in [1.807, 2.05) is 18.2 Å². The summed E-state index contributed by atoms with van der Waals surface area (Å²) in [5.74, 6) is 0.854. The molecule has 1 aliphatic heterocycles. The molecule has 0 aromatic heterocycles. The van der Waals surface area contributed by atoms with Crippen LogP contribution in [0.5, 0.6) is 5.75 Å². The fourth-order valence-corrected chi connectivity index (χ4v) is 2.52. The van der Waals surface area contributed by atoms with Gasteiger partial charge in [0, 0.05) is 37.9 Å². The van der Waals surface area contributed by atoms with Gasteiger partial charge in [-0.2, -0.15) is 0 Å². The van der Waals surface area contributed by atoms with Crippen LogP contribution in [0.15, 0.2) is 24.3 Å². The van der Waals surface area contributed by atoms with Crippen molar-refractivity contribution in [3.63, 3.8) is 0 Å². The molecule has 0 bridgehead atoms. The van der Waals surface area contributed by atoms with Crippen molar-refractivity contribution in [2.24, 2.45) is 5.92 Å². The first-order chi connectivity index (χ1) is 11.9. The Hall–Kier alpha value is -2.28. The second kappa shape index (κ2) is 8.71. The Morgan fingerprint density at radius 1 is 1.16 bits per heavy atom. The van der Waals surface area contributed by atoms with Gasteiger partial charge in [-0.1, -0.05) is 19.9 Å². The SMILES string of the molecule is CC(C)COc1cccc(NC(=O)N2CCN(C(=O)C(C)O)CC2)c1. The molecule has 1 aliphatic rings.